The number of anilines is 1. The minimum absolute atomic E-state index is 0.0545. The number of alkyl halides is 3. The summed E-state index contributed by atoms with van der Waals surface area (Å²) in [5.41, 5.74) is 1.72. The number of aromatic nitrogens is 1. The molecule has 37 heavy (non-hydrogen) atoms. The molecule has 0 spiro atoms. The number of amides is 2. The average Bonchev–Trinajstić information content (AvgIpc) is 3.08. The molecule has 1 fully saturated rings. The number of nitro groups is 1. The third-order valence-corrected chi connectivity index (χ3v) is 6.22. The molecule has 4 rings (SSSR count). The molecule has 2 aromatic carbocycles. The Balaban J connectivity index is 1.76. The Morgan fingerprint density at radius 2 is 1.76 bits per heavy atom. The third-order valence-electron chi connectivity index (χ3n) is 5.94. The van der Waals surface area contributed by atoms with Crippen LogP contribution in [0.4, 0.5) is 24.5 Å². The van der Waals surface area contributed by atoms with Crippen LogP contribution in [-0.2, 0) is 15.8 Å². The molecule has 1 N–H and O–H groups in total. The summed E-state index contributed by atoms with van der Waals surface area (Å²) in [4.78, 5) is 37.4. The van der Waals surface area contributed by atoms with Crippen LogP contribution in [0.25, 0.3) is 11.8 Å². The molecule has 0 saturated carbocycles. The number of benzene rings is 2. The zero-order valence-corrected chi connectivity index (χ0v) is 20.5. The van der Waals surface area contributed by atoms with Crippen LogP contribution < -0.4 is 10.2 Å². The smallest absolute Gasteiger partial charge is 0.318 e. The van der Waals surface area contributed by atoms with E-state index in [1.165, 1.54) is 24.3 Å². The molecule has 0 unspecified atom stereocenters. The number of nitrogens with one attached hydrogen (secondary N) is 1. The Hall–Kier alpha value is -4.32. The standard InChI is InChI=1S/C25H19F3N4O4S/c1-13-9-19(32(35)36)7-8-21(13)30-14(2)10-16(15(30)3)11-20-22(33)29-24(37)31(23(20)34)18-6-4-5-17(12-18)25(26,27)28/h4-12H,1-3H3,(H,29,33,37)/b20-11+. The quantitative estimate of drug-likeness (QED) is 0.166. The largest absolute Gasteiger partial charge is 0.416 e. The fourth-order valence-electron chi connectivity index (χ4n) is 4.18. The van der Waals surface area contributed by atoms with Gasteiger partial charge in [0.05, 0.1) is 16.2 Å². The normalized spacial score (nSPS) is 15.4. The van der Waals surface area contributed by atoms with Crippen molar-refractivity contribution in [3.8, 4) is 5.69 Å². The molecule has 12 heteroatoms. The van der Waals surface area contributed by atoms with Gasteiger partial charge in [-0.1, -0.05) is 6.07 Å². The van der Waals surface area contributed by atoms with Crippen LogP contribution in [0.1, 0.15) is 28.1 Å². The highest BCUT2D eigenvalue weighted by Crippen LogP contribution is 2.33. The van der Waals surface area contributed by atoms with Crippen LogP contribution in [0.2, 0.25) is 0 Å². The lowest BCUT2D eigenvalue weighted by Gasteiger charge is -2.29. The number of non-ortho nitro benzene ring substituents is 1. The number of hydrogen-bond donors (Lipinski definition) is 1. The van der Waals surface area contributed by atoms with Gasteiger partial charge in [-0.3, -0.25) is 29.9 Å². The van der Waals surface area contributed by atoms with Crippen molar-refractivity contribution in [1.29, 1.82) is 0 Å². The number of aryl methyl sites for hydroxylation is 2. The molecule has 1 saturated heterocycles. The molecule has 0 atom stereocenters. The summed E-state index contributed by atoms with van der Waals surface area (Å²) in [5.74, 6) is -1.65. The van der Waals surface area contributed by atoms with Gasteiger partial charge < -0.3 is 4.57 Å². The number of nitrogens with zero attached hydrogens (tertiary/aromatic N) is 3. The van der Waals surface area contributed by atoms with Crippen LogP contribution in [-0.4, -0.2) is 26.4 Å². The van der Waals surface area contributed by atoms with Gasteiger partial charge in [-0.05, 0) is 80.5 Å². The number of carbonyl (C=O) groups excluding carboxylic acids is 2. The van der Waals surface area contributed by atoms with E-state index in [2.05, 4.69) is 5.32 Å². The highest BCUT2D eigenvalue weighted by Gasteiger charge is 2.37. The average molecular weight is 529 g/mol. The molecular weight excluding hydrogens is 509 g/mol. The highest BCUT2D eigenvalue weighted by molar-refractivity contribution is 7.80. The Morgan fingerprint density at radius 1 is 1.05 bits per heavy atom. The molecule has 0 aliphatic carbocycles. The van der Waals surface area contributed by atoms with Crippen molar-refractivity contribution >= 4 is 46.6 Å². The maximum Gasteiger partial charge on any atom is 0.416 e. The maximum atomic E-state index is 13.3. The molecule has 2 amide bonds. The van der Waals surface area contributed by atoms with Crippen molar-refractivity contribution in [2.45, 2.75) is 26.9 Å². The Bertz CT molecular complexity index is 1520. The summed E-state index contributed by atoms with van der Waals surface area (Å²) in [6.07, 6.45) is -3.29. The van der Waals surface area contributed by atoms with Gasteiger partial charge in [0.1, 0.15) is 5.57 Å². The maximum absolute atomic E-state index is 13.3. The number of thiocarbonyl (C=S) groups is 1. The molecule has 1 aliphatic heterocycles. The van der Waals surface area contributed by atoms with Gasteiger partial charge in [-0.25, -0.2) is 0 Å². The number of hydrogen-bond acceptors (Lipinski definition) is 5. The summed E-state index contributed by atoms with van der Waals surface area (Å²) < 4.78 is 41.5. The topological polar surface area (TPSA) is 97.5 Å². The first kappa shape index (κ1) is 25.8. The summed E-state index contributed by atoms with van der Waals surface area (Å²) in [6, 6.07) is 10.2. The molecule has 190 valence electrons. The minimum Gasteiger partial charge on any atom is -0.318 e. The van der Waals surface area contributed by atoms with Crippen LogP contribution in [0.3, 0.4) is 0 Å². The zero-order chi connectivity index (χ0) is 27.2. The van der Waals surface area contributed by atoms with Gasteiger partial charge in [0, 0.05) is 29.2 Å². The van der Waals surface area contributed by atoms with E-state index in [0.29, 0.717) is 22.5 Å². The highest BCUT2D eigenvalue weighted by atomic mass is 32.1. The second-order valence-electron chi connectivity index (χ2n) is 8.40. The Kier molecular flexibility index (Phi) is 6.46. The summed E-state index contributed by atoms with van der Waals surface area (Å²) in [6.45, 7) is 5.27. The van der Waals surface area contributed by atoms with Gasteiger partial charge in [0.25, 0.3) is 17.5 Å². The van der Waals surface area contributed by atoms with E-state index < -0.39 is 28.5 Å². The summed E-state index contributed by atoms with van der Waals surface area (Å²) >= 11 is 5.09. The molecule has 1 aromatic heterocycles. The first-order valence-corrected chi connectivity index (χ1v) is 11.2. The van der Waals surface area contributed by atoms with Gasteiger partial charge in [-0.15, -0.1) is 0 Å². The molecule has 2 heterocycles. The van der Waals surface area contributed by atoms with E-state index >= 15 is 0 Å². The van der Waals surface area contributed by atoms with Gasteiger partial charge >= 0.3 is 6.18 Å². The molecule has 0 bridgehead atoms. The van der Waals surface area contributed by atoms with Gasteiger partial charge in [0.15, 0.2) is 5.11 Å². The first-order chi connectivity index (χ1) is 17.3. The molecular formula is C25H19F3N4O4S. The van der Waals surface area contributed by atoms with E-state index in [9.17, 15) is 32.9 Å². The van der Waals surface area contributed by atoms with Crippen molar-refractivity contribution in [2.75, 3.05) is 4.90 Å². The van der Waals surface area contributed by atoms with E-state index in [1.807, 2.05) is 4.57 Å². The van der Waals surface area contributed by atoms with Gasteiger partial charge in [-0.2, -0.15) is 13.2 Å². The number of carbonyl (C=O) groups is 2. The van der Waals surface area contributed by atoms with Crippen LogP contribution in [0.15, 0.2) is 54.1 Å². The van der Waals surface area contributed by atoms with Gasteiger partial charge in [0.2, 0.25) is 0 Å². The predicted octanol–water partition coefficient (Wildman–Crippen LogP) is 5.16. The van der Waals surface area contributed by atoms with Crippen molar-refractivity contribution in [1.82, 2.24) is 9.88 Å². The van der Waals surface area contributed by atoms with Crippen molar-refractivity contribution in [2.24, 2.45) is 0 Å². The third kappa shape index (κ3) is 4.75. The Morgan fingerprint density at radius 3 is 2.38 bits per heavy atom. The fraction of sp³-hybridized carbons (Fsp3) is 0.160. The fourth-order valence-corrected chi connectivity index (χ4v) is 4.46. The van der Waals surface area contributed by atoms with E-state index in [4.69, 9.17) is 12.2 Å². The van der Waals surface area contributed by atoms with E-state index in [-0.39, 0.29) is 22.1 Å². The van der Waals surface area contributed by atoms with E-state index in [0.717, 1.165) is 28.8 Å². The van der Waals surface area contributed by atoms with Crippen LogP contribution in [0.5, 0.6) is 0 Å². The van der Waals surface area contributed by atoms with Crippen molar-refractivity contribution in [3.63, 3.8) is 0 Å². The number of halogens is 3. The molecule has 0 radical (unpaired) electrons. The van der Waals surface area contributed by atoms with Crippen molar-refractivity contribution in [3.05, 3.63) is 92.3 Å². The predicted molar refractivity (Wildman–Crippen MR) is 134 cm³/mol. The number of nitro benzene ring substituents is 1. The van der Waals surface area contributed by atoms with Crippen molar-refractivity contribution < 1.29 is 27.7 Å². The minimum atomic E-state index is -4.63. The van der Waals surface area contributed by atoms with E-state index in [1.54, 1.807) is 32.9 Å². The molecule has 1 aliphatic rings. The zero-order valence-electron chi connectivity index (χ0n) is 19.7. The van der Waals surface area contributed by atoms with Crippen LogP contribution in [0, 0.1) is 30.9 Å². The summed E-state index contributed by atoms with van der Waals surface area (Å²) in [7, 11) is 0. The first-order valence-electron chi connectivity index (χ1n) is 10.8. The second kappa shape index (κ2) is 9.28. The monoisotopic (exact) mass is 528 g/mol. The van der Waals surface area contributed by atoms with Crippen LogP contribution >= 0.6 is 12.2 Å². The lowest BCUT2D eigenvalue weighted by molar-refractivity contribution is -0.384. The summed E-state index contributed by atoms with van der Waals surface area (Å²) in [5, 5.41) is 13.1. The number of rotatable bonds is 4. The second-order valence-corrected chi connectivity index (χ2v) is 8.78. The lowest BCUT2D eigenvalue weighted by Crippen LogP contribution is -2.54. The molecule has 8 nitrogen and oxygen atoms in total. The Labute approximate surface area is 214 Å². The molecule has 3 aromatic rings. The lowest BCUT2D eigenvalue weighted by atomic mass is 10.1. The SMILES string of the molecule is Cc1cc([N+](=O)[O-])ccc1-n1c(C)cc(/C=C2\C(=O)NC(=S)N(c3cccc(C(F)(F)F)c3)C2=O)c1C.